The largest absolute Gasteiger partial charge is 0.456 e. The number of hydrogen-bond acceptors (Lipinski definition) is 4. The Kier molecular flexibility index (Phi) is 4.36. The van der Waals surface area contributed by atoms with Crippen molar-refractivity contribution in [3.8, 4) is 0 Å². The van der Waals surface area contributed by atoms with Gasteiger partial charge in [0.2, 0.25) is 0 Å². The number of amides is 2. The molecule has 122 valence electrons. The molecule has 0 bridgehead atoms. The van der Waals surface area contributed by atoms with Crippen LogP contribution >= 0.6 is 11.6 Å². The van der Waals surface area contributed by atoms with E-state index >= 15 is 0 Å². The first kappa shape index (κ1) is 16.2. The highest BCUT2D eigenvalue weighted by atomic mass is 35.5. The number of carbonyl (C=O) groups excluding carboxylic acids is 3. The minimum Gasteiger partial charge on any atom is -0.456 e. The first-order chi connectivity index (χ1) is 11.5. The van der Waals surface area contributed by atoms with Crippen molar-refractivity contribution in [2.45, 2.75) is 13.0 Å². The van der Waals surface area contributed by atoms with Gasteiger partial charge in [-0.3, -0.25) is 19.3 Å². The summed E-state index contributed by atoms with van der Waals surface area (Å²) in [5.41, 5.74) is 1.26. The molecule has 2 amide bonds. The summed E-state index contributed by atoms with van der Waals surface area (Å²) >= 11 is 6.07. The lowest BCUT2D eigenvalue weighted by molar-refractivity contribution is -0.148. The molecule has 1 heterocycles. The molecule has 24 heavy (non-hydrogen) atoms. The zero-order valence-electron chi connectivity index (χ0n) is 12.9. The van der Waals surface area contributed by atoms with Crippen molar-refractivity contribution in [3.63, 3.8) is 0 Å². The molecule has 2 aromatic rings. The summed E-state index contributed by atoms with van der Waals surface area (Å²) in [5.74, 6) is -1.65. The number of nitrogens with zero attached hydrogens (tertiary/aromatic N) is 1. The fourth-order valence-electron chi connectivity index (χ4n) is 2.61. The highest BCUT2D eigenvalue weighted by molar-refractivity contribution is 6.31. The molecular weight excluding hydrogens is 330 g/mol. The Morgan fingerprint density at radius 1 is 1.04 bits per heavy atom. The maximum atomic E-state index is 12.2. The van der Waals surface area contributed by atoms with E-state index in [9.17, 15) is 14.4 Å². The van der Waals surface area contributed by atoms with Crippen LogP contribution in [0.4, 0.5) is 0 Å². The molecule has 0 aliphatic carbocycles. The molecule has 0 unspecified atom stereocenters. The maximum Gasteiger partial charge on any atom is 0.326 e. The third-order valence-electron chi connectivity index (χ3n) is 3.82. The first-order valence-electron chi connectivity index (χ1n) is 7.38. The van der Waals surface area contributed by atoms with E-state index < -0.39 is 30.4 Å². The molecule has 0 radical (unpaired) electrons. The van der Waals surface area contributed by atoms with E-state index in [-0.39, 0.29) is 0 Å². The SMILES string of the molecule is C[C@H](OC(=O)CN1C(=O)c2ccccc2C1=O)c1ccccc1Cl. The maximum absolute atomic E-state index is 12.2. The van der Waals surface area contributed by atoms with Crippen LogP contribution in [-0.4, -0.2) is 29.2 Å². The lowest BCUT2D eigenvalue weighted by Gasteiger charge is -2.17. The Morgan fingerprint density at radius 2 is 1.58 bits per heavy atom. The number of benzene rings is 2. The molecule has 1 atom stereocenters. The minimum absolute atomic E-state index is 0.300. The smallest absolute Gasteiger partial charge is 0.326 e. The van der Waals surface area contributed by atoms with Crippen molar-refractivity contribution >= 4 is 29.4 Å². The number of imide groups is 1. The van der Waals surface area contributed by atoms with Gasteiger partial charge in [-0.05, 0) is 25.1 Å². The van der Waals surface area contributed by atoms with Gasteiger partial charge in [-0.25, -0.2) is 0 Å². The molecular formula is C18H14ClNO4. The molecule has 2 aromatic carbocycles. The third kappa shape index (κ3) is 2.90. The summed E-state index contributed by atoms with van der Waals surface area (Å²) in [4.78, 5) is 37.5. The lowest BCUT2D eigenvalue weighted by atomic mass is 10.1. The van der Waals surface area contributed by atoms with E-state index in [0.717, 1.165) is 4.90 Å². The molecule has 0 fully saturated rings. The van der Waals surface area contributed by atoms with Gasteiger partial charge in [-0.15, -0.1) is 0 Å². The van der Waals surface area contributed by atoms with Crippen molar-refractivity contribution in [2.24, 2.45) is 0 Å². The molecule has 0 saturated heterocycles. The van der Waals surface area contributed by atoms with Gasteiger partial charge in [0.15, 0.2) is 0 Å². The standard InChI is InChI=1S/C18H14ClNO4/c1-11(12-6-4-5-9-15(12)19)24-16(21)10-20-17(22)13-7-2-3-8-14(13)18(20)23/h2-9,11H,10H2,1H3/t11-/m0/s1. The molecule has 6 heteroatoms. The van der Waals surface area contributed by atoms with Crippen LogP contribution < -0.4 is 0 Å². The monoisotopic (exact) mass is 343 g/mol. The fourth-order valence-corrected chi connectivity index (χ4v) is 2.90. The average molecular weight is 344 g/mol. The highest BCUT2D eigenvalue weighted by Gasteiger charge is 2.36. The second-order valence-corrected chi connectivity index (χ2v) is 5.80. The number of rotatable bonds is 4. The quantitative estimate of drug-likeness (QED) is 0.631. The predicted molar refractivity (Wildman–Crippen MR) is 87.8 cm³/mol. The number of hydrogen-bond donors (Lipinski definition) is 0. The first-order valence-corrected chi connectivity index (χ1v) is 7.76. The molecule has 1 aliphatic heterocycles. The summed E-state index contributed by atoms with van der Waals surface area (Å²) in [7, 11) is 0. The number of halogens is 1. The van der Waals surface area contributed by atoms with E-state index in [0.29, 0.717) is 21.7 Å². The Hall–Kier alpha value is -2.66. The van der Waals surface area contributed by atoms with E-state index in [1.165, 1.54) is 0 Å². The van der Waals surface area contributed by atoms with Crippen LogP contribution in [0.1, 0.15) is 39.3 Å². The van der Waals surface area contributed by atoms with Crippen molar-refractivity contribution in [1.29, 1.82) is 0 Å². The van der Waals surface area contributed by atoms with E-state index in [4.69, 9.17) is 16.3 Å². The lowest BCUT2D eigenvalue weighted by Crippen LogP contribution is -2.36. The van der Waals surface area contributed by atoms with Crippen LogP contribution in [0.3, 0.4) is 0 Å². The molecule has 5 nitrogen and oxygen atoms in total. The van der Waals surface area contributed by atoms with Crippen molar-refractivity contribution in [1.82, 2.24) is 4.90 Å². The summed E-state index contributed by atoms with van der Waals surface area (Å²) in [6.07, 6.45) is -0.582. The third-order valence-corrected chi connectivity index (χ3v) is 4.16. The van der Waals surface area contributed by atoms with Gasteiger partial charge in [-0.1, -0.05) is 41.9 Å². The minimum atomic E-state index is -0.670. The highest BCUT2D eigenvalue weighted by Crippen LogP contribution is 2.26. The number of esters is 1. The number of fused-ring (bicyclic) bond motifs is 1. The van der Waals surface area contributed by atoms with Crippen molar-refractivity contribution in [2.75, 3.05) is 6.54 Å². The Morgan fingerprint density at radius 3 is 2.17 bits per heavy atom. The zero-order chi connectivity index (χ0) is 17.3. The van der Waals surface area contributed by atoms with Crippen LogP contribution in [-0.2, 0) is 9.53 Å². The van der Waals surface area contributed by atoms with Gasteiger partial charge in [0, 0.05) is 10.6 Å². The van der Waals surface area contributed by atoms with E-state index in [2.05, 4.69) is 0 Å². The van der Waals surface area contributed by atoms with E-state index in [1.54, 1.807) is 55.5 Å². The summed E-state index contributed by atoms with van der Waals surface area (Å²) in [6.45, 7) is 1.25. The van der Waals surface area contributed by atoms with Crippen LogP contribution in [0.25, 0.3) is 0 Å². The average Bonchev–Trinajstić information content (AvgIpc) is 2.80. The number of ether oxygens (including phenoxy) is 1. The molecule has 0 spiro atoms. The van der Waals surface area contributed by atoms with Crippen LogP contribution in [0, 0.1) is 0 Å². The summed E-state index contributed by atoms with van der Waals surface area (Å²) < 4.78 is 5.31. The van der Waals surface area contributed by atoms with Crippen LogP contribution in [0.5, 0.6) is 0 Å². The second-order valence-electron chi connectivity index (χ2n) is 5.40. The van der Waals surface area contributed by atoms with Crippen molar-refractivity contribution in [3.05, 3.63) is 70.2 Å². The fraction of sp³-hybridized carbons (Fsp3) is 0.167. The summed E-state index contributed by atoms with van der Waals surface area (Å²) in [6, 6.07) is 13.5. The Balaban J connectivity index is 1.69. The molecule has 1 aliphatic rings. The molecule has 3 rings (SSSR count). The van der Waals surface area contributed by atoms with Gasteiger partial charge in [0.05, 0.1) is 11.1 Å². The van der Waals surface area contributed by atoms with Crippen molar-refractivity contribution < 1.29 is 19.1 Å². The topological polar surface area (TPSA) is 63.7 Å². The molecule has 0 N–H and O–H groups in total. The van der Waals surface area contributed by atoms with Crippen LogP contribution in [0.2, 0.25) is 5.02 Å². The molecule has 0 saturated carbocycles. The van der Waals surface area contributed by atoms with Gasteiger partial charge in [0.1, 0.15) is 12.6 Å². The molecule has 0 aromatic heterocycles. The zero-order valence-corrected chi connectivity index (χ0v) is 13.6. The normalized spacial score (nSPS) is 14.5. The van der Waals surface area contributed by atoms with Crippen LogP contribution in [0.15, 0.2) is 48.5 Å². The van der Waals surface area contributed by atoms with E-state index in [1.807, 2.05) is 0 Å². The summed E-state index contributed by atoms with van der Waals surface area (Å²) in [5, 5.41) is 0.485. The Bertz CT molecular complexity index is 798. The predicted octanol–water partition coefficient (Wildman–Crippen LogP) is 3.24. The van der Waals surface area contributed by atoms with Gasteiger partial charge >= 0.3 is 5.97 Å². The Labute approximate surface area is 143 Å². The van der Waals surface area contributed by atoms with Gasteiger partial charge in [-0.2, -0.15) is 0 Å². The van der Waals surface area contributed by atoms with Gasteiger partial charge in [0.25, 0.3) is 11.8 Å². The number of carbonyl (C=O) groups is 3. The van der Waals surface area contributed by atoms with Gasteiger partial charge < -0.3 is 4.74 Å². The second kappa shape index (κ2) is 6.45.